The van der Waals surface area contributed by atoms with Crippen LogP contribution < -0.4 is 19.9 Å². The van der Waals surface area contributed by atoms with Crippen molar-refractivity contribution in [2.24, 2.45) is 0 Å². The minimum Gasteiger partial charge on any atom is -0.490 e. The summed E-state index contributed by atoms with van der Waals surface area (Å²) in [5.41, 5.74) is 2.62. The molecule has 0 atom stereocenters. The van der Waals surface area contributed by atoms with Crippen LogP contribution in [0, 0.1) is 0 Å². The van der Waals surface area contributed by atoms with Crippen molar-refractivity contribution in [3.05, 3.63) is 33.9 Å². The average Bonchev–Trinajstić information content (AvgIpc) is 3.31. The Balaban J connectivity index is 1.41. The topological polar surface area (TPSA) is 70.7 Å². The predicted molar refractivity (Wildman–Crippen MR) is 139 cm³/mol. The van der Waals surface area contributed by atoms with Gasteiger partial charge in [-0.05, 0) is 44.4 Å². The average molecular weight is 483 g/mol. The molecule has 0 amide bonds. The number of H-pyrrole nitrogens is 1. The zero-order chi connectivity index (χ0) is 23.5. The summed E-state index contributed by atoms with van der Waals surface area (Å²) in [7, 11) is 0. The third-order valence-electron chi connectivity index (χ3n) is 6.97. The molecule has 1 N–H and O–H groups in total. The van der Waals surface area contributed by atoms with Gasteiger partial charge < -0.3 is 14.4 Å². The fraction of sp³-hybridized carbons (Fsp3) is 0.538. The molecule has 0 unspecified atom stereocenters. The lowest BCUT2D eigenvalue weighted by Crippen LogP contribution is -2.51. The quantitative estimate of drug-likeness (QED) is 0.516. The number of piperazine rings is 1. The van der Waals surface area contributed by atoms with Gasteiger partial charge in [-0.2, -0.15) is 0 Å². The molecule has 1 aliphatic carbocycles. The first kappa shape index (κ1) is 23.2. The number of aromatic nitrogens is 2. The maximum atomic E-state index is 12.9. The largest absolute Gasteiger partial charge is 0.490 e. The van der Waals surface area contributed by atoms with Crippen LogP contribution in [0.25, 0.3) is 21.3 Å². The van der Waals surface area contributed by atoms with Gasteiger partial charge in [0.05, 0.1) is 18.7 Å². The van der Waals surface area contributed by atoms with Gasteiger partial charge in [-0.1, -0.05) is 25.3 Å². The molecule has 2 aliphatic rings. The van der Waals surface area contributed by atoms with Crippen molar-refractivity contribution < 1.29 is 9.47 Å². The number of aromatic amines is 1. The van der Waals surface area contributed by atoms with E-state index < -0.39 is 0 Å². The van der Waals surface area contributed by atoms with Gasteiger partial charge in [0.15, 0.2) is 11.5 Å². The Morgan fingerprint density at radius 1 is 1.03 bits per heavy atom. The van der Waals surface area contributed by atoms with Crippen LogP contribution in [0.1, 0.15) is 46.0 Å². The van der Waals surface area contributed by atoms with Crippen LogP contribution in [0.15, 0.2) is 28.4 Å². The number of nitrogens with one attached hydrogen (secondary N) is 1. The third kappa shape index (κ3) is 4.66. The highest BCUT2D eigenvalue weighted by Gasteiger charge is 2.26. The smallest absolute Gasteiger partial charge is 0.270 e. The fourth-order valence-corrected chi connectivity index (χ4v) is 6.14. The molecule has 7 nitrogen and oxygen atoms in total. The second kappa shape index (κ2) is 10.4. The minimum atomic E-state index is -0.0677. The Bertz CT molecular complexity index is 1180. The Morgan fingerprint density at radius 3 is 2.50 bits per heavy atom. The van der Waals surface area contributed by atoms with Crippen molar-refractivity contribution in [3.63, 3.8) is 0 Å². The highest BCUT2D eigenvalue weighted by Crippen LogP contribution is 2.37. The molecule has 0 spiro atoms. The molecule has 1 saturated heterocycles. The van der Waals surface area contributed by atoms with Crippen LogP contribution in [0.5, 0.6) is 11.5 Å². The molecule has 5 rings (SSSR count). The summed E-state index contributed by atoms with van der Waals surface area (Å²) < 4.78 is 12.2. The zero-order valence-electron chi connectivity index (χ0n) is 20.1. The molecule has 2 aromatic heterocycles. The van der Waals surface area contributed by atoms with Crippen molar-refractivity contribution in [2.75, 3.05) is 44.3 Å². The summed E-state index contributed by atoms with van der Waals surface area (Å²) in [5.74, 6) is 2.12. The number of hydrogen-bond acceptors (Lipinski definition) is 7. The van der Waals surface area contributed by atoms with Crippen LogP contribution >= 0.6 is 11.3 Å². The minimum absolute atomic E-state index is 0.0677. The Labute approximate surface area is 204 Å². The van der Waals surface area contributed by atoms with Crippen LogP contribution in [0.3, 0.4) is 0 Å². The van der Waals surface area contributed by atoms with E-state index in [2.05, 4.69) is 14.8 Å². The van der Waals surface area contributed by atoms with Gasteiger partial charge in [0, 0.05) is 43.2 Å². The highest BCUT2D eigenvalue weighted by molar-refractivity contribution is 7.17. The van der Waals surface area contributed by atoms with Crippen molar-refractivity contribution in [3.8, 4) is 22.6 Å². The molecule has 0 radical (unpaired) electrons. The van der Waals surface area contributed by atoms with Crippen molar-refractivity contribution >= 4 is 27.5 Å². The lowest BCUT2D eigenvalue weighted by atomic mass is 9.94. The van der Waals surface area contributed by atoms with E-state index in [9.17, 15) is 4.79 Å². The molecule has 3 aromatic rings. The molecule has 182 valence electrons. The van der Waals surface area contributed by atoms with Crippen LogP contribution in [-0.2, 0) is 0 Å². The van der Waals surface area contributed by atoms with E-state index in [0.29, 0.717) is 29.6 Å². The molecule has 2 fully saturated rings. The van der Waals surface area contributed by atoms with Gasteiger partial charge in [0.25, 0.3) is 5.56 Å². The zero-order valence-corrected chi connectivity index (χ0v) is 21.0. The number of thiophene rings is 1. The van der Waals surface area contributed by atoms with E-state index >= 15 is 0 Å². The molecule has 1 aliphatic heterocycles. The van der Waals surface area contributed by atoms with Gasteiger partial charge >= 0.3 is 0 Å². The summed E-state index contributed by atoms with van der Waals surface area (Å²) in [6.07, 6.45) is 6.74. The van der Waals surface area contributed by atoms with Crippen molar-refractivity contribution in [1.82, 2.24) is 14.9 Å². The lowest BCUT2D eigenvalue weighted by molar-refractivity contribution is 0.147. The number of rotatable bonds is 7. The standard InChI is InChI=1S/C26H34N4O3S/c1-3-32-21-11-10-18(16-22(21)33-4-2)20-17-34-24-23(20)27-26(28-25(24)31)30-14-12-29(13-15-30)19-8-6-5-7-9-19/h10-11,16-17,19H,3-9,12-15H2,1-2H3,(H,27,28,31). The maximum absolute atomic E-state index is 12.9. The Hall–Kier alpha value is -2.58. The second-order valence-electron chi connectivity index (χ2n) is 9.06. The van der Waals surface area contributed by atoms with Crippen molar-refractivity contribution in [2.45, 2.75) is 52.0 Å². The van der Waals surface area contributed by atoms with Gasteiger partial charge in [-0.25, -0.2) is 4.98 Å². The Kier molecular flexibility index (Phi) is 7.06. The summed E-state index contributed by atoms with van der Waals surface area (Å²) >= 11 is 1.44. The van der Waals surface area contributed by atoms with Crippen LogP contribution in [-0.4, -0.2) is 60.3 Å². The second-order valence-corrected chi connectivity index (χ2v) is 9.94. The van der Waals surface area contributed by atoms with E-state index in [1.165, 1.54) is 43.4 Å². The lowest BCUT2D eigenvalue weighted by Gasteiger charge is -2.40. The maximum Gasteiger partial charge on any atom is 0.270 e. The molecule has 1 saturated carbocycles. The number of hydrogen-bond donors (Lipinski definition) is 1. The molecule has 8 heteroatoms. The SMILES string of the molecule is CCOc1ccc(-c2csc3c(=O)[nH]c(N4CCN(C5CCCCC5)CC4)nc23)cc1OCC. The monoisotopic (exact) mass is 482 g/mol. The Morgan fingerprint density at radius 2 is 1.76 bits per heavy atom. The molecule has 0 bridgehead atoms. The summed E-state index contributed by atoms with van der Waals surface area (Å²) in [4.78, 5) is 25.8. The summed E-state index contributed by atoms with van der Waals surface area (Å²) in [5, 5.41) is 2.02. The van der Waals surface area contributed by atoms with E-state index in [0.717, 1.165) is 54.6 Å². The highest BCUT2D eigenvalue weighted by atomic mass is 32.1. The summed E-state index contributed by atoms with van der Waals surface area (Å²) in [6.45, 7) is 8.90. The number of nitrogens with zero attached hydrogens (tertiary/aromatic N) is 3. The molecular weight excluding hydrogens is 448 g/mol. The normalized spacial score (nSPS) is 17.9. The first-order valence-corrected chi connectivity index (χ1v) is 13.5. The predicted octanol–water partition coefficient (Wildman–Crippen LogP) is 4.90. The van der Waals surface area contributed by atoms with Gasteiger partial charge in [-0.3, -0.25) is 14.7 Å². The number of ether oxygens (including phenoxy) is 2. The number of benzene rings is 1. The summed E-state index contributed by atoms with van der Waals surface area (Å²) in [6, 6.07) is 6.67. The number of anilines is 1. The molecule has 3 heterocycles. The van der Waals surface area contributed by atoms with E-state index in [1.54, 1.807) is 0 Å². The first-order chi connectivity index (χ1) is 16.7. The van der Waals surface area contributed by atoms with E-state index in [4.69, 9.17) is 14.5 Å². The molecule has 1 aromatic carbocycles. The third-order valence-corrected chi connectivity index (χ3v) is 7.94. The number of fused-ring (bicyclic) bond motifs is 1. The van der Waals surface area contributed by atoms with Gasteiger partial charge in [0.1, 0.15) is 4.70 Å². The van der Waals surface area contributed by atoms with Gasteiger partial charge in [0.2, 0.25) is 5.95 Å². The van der Waals surface area contributed by atoms with Crippen molar-refractivity contribution in [1.29, 1.82) is 0 Å². The molecule has 34 heavy (non-hydrogen) atoms. The van der Waals surface area contributed by atoms with Crippen LogP contribution in [0.2, 0.25) is 0 Å². The first-order valence-electron chi connectivity index (χ1n) is 12.6. The molecular formula is C26H34N4O3S. The van der Waals surface area contributed by atoms with Gasteiger partial charge in [-0.15, -0.1) is 11.3 Å². The van der Waals surface area contributed by atoms with Crippen LogP contribution in [0.4, 0.5) is 5.95 Å². The van der Waals surface area contributed by atoms with E-state index in [-0.39, 0.29) is 5.56 Å². The fourth-order valence-electron chi connectivity index (χ4n) is 5.23. The van der Waals surface area contributed by atoms with E-state index in [1.807, 2.05) is 37.4 Å².